The van der Waals surface area contributed by atoms with Crippen LogP contribution in [0.5, 0.6) is 0 Å². The summed E-state index contributed by atoms with van der Waals surface area (Å²) in [6, 6.07) is 6.41. The number of aryl methyl sites for hydroxylation is 1. The maximum atomic E-state index is 12.6. The summed E-state index contributed by atoms with van der Waals surface area (Å²) >= 11 is 0. The zero-order chi connectivity index (χ0) is 25.0. The standard InChI is InChI=1S/C27H38N6O2/c1-17-13-18(9-12-21(17)26(34)31-20-10-11-20)22(15-28)25-32-23(29-16-27(2,3)35-4)14-24(33-25)30-19-7-5-6-8-19/h9,12-15,19-20,28-29,32H,5-8,10-11,16H2,1-4H3,(H,30,33)(H,31,34)/b25-22-,28-15?. The van der Waals surface area contributed by atoms with Crippen molar-refractivity contribution in [3.8, 4) is 0 Å². The number of carbonyl (C=O) groups is 1. The third kappa shape index (κ3) is 6.51. The molecular formula is C27H38N6O2. The van der Waals surface area contributed by atoms with E-state index in [4.69, 9.17) is 15.1 Å². The highest BCUT2D eigenvalue weighted by Crippen LogP contribution is 2.25. The van der Waals surface area contributed by atoms with Gasteiger partial charge in [-0.25, -0.2) is 4.99 Å². The van der Waals surface area contributed by atoms with Crippen LogP contribution in [0.25, 0.3) is 5.57 Å². The molecule has 3 aliphatic rings. The molecule has 0 unspecified atom stereocenters. The zero-order valence-electron chi connectivity index (χ0n) is 21.3. The lowest BCUT2D eigenvalue weighted by atomic mass is 9.99. The van der Waals surface area contributed by atoms with Crippen molar-refractivity contribution < 1.29 is 9.53 Å². The minimum Gasteiger partial charge on any atom is -0.377 e. The highest BCUT2D eigenvalue weighted by atomic mass is 16.5. The number of aliphatic imine (C=N–C) groups is 1. The number of nitrogens with zero attached hydrogens (tertiary/aromatic N) is 1. The van der Waals surface area contributed by atoms with Gasteiger partial charge in [-0.05, 0) is 63.6 Å². The Kier molecular flexibility index (Phi) is 7.60. The first-order chi connectivity index (χ1) is 16.8. The summed E-state index contributed by atoms with van der Waals surface area (Å²) in [6.07, 6.45) is 10.1. The van der Waals surface area contributed by atoms with Crippen molar-refractivity contribution in [3.63, 3.8) is 0 Å². The van der Waals surface area contributed by atoms with Crippen LogP contribution in [-0.2, 0) is 4.74 Å². The van der Waals surface area contributed by atoms with E-state index in [1.54, 1.807) is 7.11 Å². The second kappa shape index (κ2) is 10.6. The molecule has 0 radical (unpaired) electrons. The molecule has 5 N–H and O–H groups in total. The molecule has 8 nitrogen and oxygen atoms in total. The molecule has 4 rings (SSSR count). The highest BCUT2D eigenvalue weighted by Gasteiger charge is 2.25. The molecule has 1 aromatic carbocycles. The number of amidine groups is 1. The number of allylic oxidation sites excluding steroid dienone is 1. The van der Waals surface area contributed by atoms with E-state index in [1.807, 2.05) is 45.0 Å². The van der Waals surface area contributed by atoms with Crippen molar-refractivity contribution in [2.45, 2.75) is 77.0 Å². The molecule has 2 fully saturated rings. The molecule has 35 heavy (non-hydrogen) atoms. The molecule has 2 aliphatic carbocycles. The predicted molar refractivity (Wildman–Crippen MR) is 141 cm³/mol. The van der Waals surface area contributed by atoms with Crippen LogP contribution in [0.1, 0.15) is 73.9 Å². The number of hydrogen-bond acceptors (Lipinski definition) is 7. The summed E-state index contributed by atoms with van der Waals surface area (Å²) in [5, 5.41) is 21.6. The van der Waals surface area contributed by atoms with Gasteiger partial charge in [-0.2, -0.15) is 0 Å². The molecule has 0 atom stereocenters. The Morgan fingerprint density at radius 3 is 2.60 bits per heavy atom. The molecule has 0 aromatic heterocycles. The molecule has 0 bridgehead atoms. The fraction of sp³-hybridized carbons (Fsp3) is 0.519. The number of nitrogens with one attached hydrogen (secondary N) is 5. The van der Waals surface area contributed by atoms with Crippen LogP contribution in [0.3, 0.4) is 0 Å². The smallest absolute Gasteiger partial charge is 0.251 e. The van der Waals surface area contributed by atoms with Crippen LogP contribution in [0.15, 0.2) is 40.9 Å². The molecule has 1 aliphatic heterocycles. The summed E-state index contributed by atoms with van der Waals surface area (Å²) in [7, 11) is 1.70. The van der Waals surface area contributed by atoms with Crippen LogP contribution >= 0.6 is 0 Å². The Balaban J connectivity index is 1.61. The second-order valence-electron chi connectivity index (χ2n) is 10.3. The number of benzene rings is 1. The van der Waals surface area contributed by atoms with Crippen molar-refractivity contribution in [2.75, 3.05) is 13.7 Å². The Morgan fingerprint density at radius 1 is 1.23 bits per heavy atom. The lowest BCUT2D eigenvalue weighted by Crippen LogP contribution is -2.42. The van der Waals surface area contributed by atoms with Gasteiger partial charge in [-0.1, -0.05) is 25.0 Å². The normalized spacial score (nSPS) is 19.9. The van der Waals surface area contributed by atoms with E-state index in [0.717, 1.165) is 48.5 Å². The Hall–Kier alpha value is -3.13. The largest absolute Gasteiger partial charge is 0.377 e. The number of ether oxygens (including phenoxy) is 1. The third-order valence-electron chi connectivity index (χ3n) is 6.82. The molecule has 1 amide bonds. The van der Waals surface area contributed by atoms with Gasteiger partial charge in [-0.15, -0.1) is 0 Å². The summed E-state index contributed by atoms with van der Waals surface area (Å²) in [6.45, 7) is 6.59. The quantitative estimate of drug-likeness (QED) is 0.348. The van der Waals surface area contributed by atoms with Crippen molar-refractivity contribution in [2.24, 2.45) is 4.99 Å². The van der Waals surface area contributed by atoms with E-state index in [2.05, 4.69) is 21.3 Å². The Bertz CT molecular complexity index is 1060. The Morgan fingerprint density at radius 2 is 1.97 bits per heavy atom. The van der Waals surface area contributed by atoms with Crippen molar-refractivity contribution in [3.05, 3.63) is 52.6 Å². The summed E-state index contributed by atoms with van der Waals surface area (Å²) in [4.78, 5) is 17.4. The fourth-order valence-electron chi connectivity index (χ4n) is 4.30. The lowest BCUT2D eigenvalue weighted by Gasteiger charge is -2.27. The molecule has 0 saturated heterocycles. The monoisotopic (exact) mass is 478 g/mol. The van der Waals surface area contributed by atoms with E-state index in [9.17, 15) is 4.79 Å². The summed E-state index contributed by atoms with van der Waals surface area (Å²) in [5.74, 6) is 2.14. The number of rotatable bonds is 9. The molecule has 188 valence electrons. The van der Waals surface area contributed by atoms with E-state index in [1.165, 1.54) is 19.1 Å². The van der Waals surface area contributed by atoms with Crippen molar-refractivity contribution in [1.82, 2.24) is 21.3 Å². The van der Waals surface area contributed by atoms with E-state index in [0.29, 0.717) is 35.6 Å². The van der Waals surface area contributed by atoms with Crippen LogP contribution in [0.4, 0.5) is 0 Å². The SMILES string of the molecule is COC(C)(C)CNC1=CC(NC2CCCC2)=N/C(=C(/C=N)c2ccc(C(=O)NC3CC3)c(C)c2)N1. The van der Waals surface area contributed by atoms with Crippen molar-refractivity contribution in [1.29, 1.82) is 5.41 Å². The number of carbonyl (C=O) groups excluding carboxylic acids is 1. The third-order valence-corrected chi connectivity index (χ3v) is 6.82. The fourth-order valence-corrected chi connectivity index (χ4v) is 4.30. The minimum atomic E-state index is -0.335. The average Bonchev–Trinajstić information content (AvgIpc) is 3.50. The van der Waals surface area contributed by atoms with Gasteiger partial charge in [0, 0.05) is 49.2 Å². The van der Waals surface area contributed by atoms with Crippen LogP contribution in [0, 0.1) is 12.3 Å². The first kappa shape index (κ1) is 25.0. The van der Waals surface area contributed by atoms with Crippen LogP contribution in [0.2, 0.25) is 0 Å². The molecular weight excluding hydrogens is 440 g/mol. The van der Waals surface area contributed by atoms with Gasteiger partial charge in [-0.3, -0.25) is 4.79 Å². The lowest BCUT2D eigenvalue weighted by molar-refractivity contribution is 0.0250. The van der Waals surface area contributed by atoms with Gasteiger partial charge < -0.3 is 31.4 Å². The van der Waals surface area contributed by atoms with Gasteiger partial charge in [0.1, 0.15) is 17.5 Å². The van der Waals surface area contributed by atoms with Gasteiger partial charge in [0.2, 0.25) is 0 Å². The zero-order valence-corrected chi connectivity index (χ0v) is 21.3. The molecule has 1 heterocycles. The summed E-state index contributed by atoms with van der Waals surface area (Å²) in [5.41, 5.74) is 2.71. The predicted octanol–water partition coefficient (Wildman–Crippen LogP) is 3.60. The van der Waals surface area contributed by atoms with Gasteiger partial charge >= 0.3 is 0 Å². The highest BCUT2D eigenvalue weighted by molar-refractivity contribution is 6.11. The maximum Gasteiger partial charge on any atom is 0.251 e. The van der Waals surface area contributed by atoms with E-state index < -0.39 is 0 Å². The minimum absolute atomic E-state index is 0.0346. The number of amides is 1. The number of methoxy groups -OCH3 is 1. The van der Waals surface area contributed by atoms with Gasteiger partial charge in [0.25, 0.3) is 5.91 Å². The average molecular weight is 479 g/mol. The van der Waals surface area contributed by atoms with Crippen LogP contribution < -0.4 is 21.3 Å². The van der Waals surface area contributed by atoms with Gasteiger partial charge in [0.15, 0.2) is 0 Å². The molecule has 1 aromatic rings. The molecule has 0 spiro atoms. The molecule has 2 saturated carbocycles. The second-order valence-corrected chi connectivity index (χ2v) is 10.3. The van der Waals surface area contributed by atoms with Crippen molar-refractivity contribution >= 4 is 23.5 Å². The van der Waals surface area contributed by atoms with Gasteiger partial charge in [0.05, 0.1) is 5.60 Å². The maximum absolute atomic E-state index is 12.6. The summed E-state index contributed by atoms with van der Waals surface area (Å²) < 4.78 is 5.56. The topological polar surface area (TPSA) is 111 Å². The van der Waals surface area contributed by atoms with E-state index in [-0.39, 0.29) is 11.5 Å². The molecule has 8 heteroatoms. The Labute approximate surface area is 208 Å². The number of hydrogen-bond donors (Lipinski definition) is 5. The first-order valence-corrected chi connectivity index (χ1v) is 12.6. The van der Waals surface area contributed by atoms with Crippen LogP contribution in [-0.4, -0.2) is 49.3 Å². The van der Waals surface area contributed by atoms with E-state index >= 15 is 0 Å². The first-order valence-electron chi connectivity index (χ1n) is 12.6.